The lowest BCUT2D eigenvalue weighted by Gasteiger charge is -2.22. The average molecular weight is 311 g/mol. The van der Waals surface area contributed by atoms with E-state index in [0.29, 0.717) is 11.7 Å². The first kappa shape index (κ1) is 17.3. The lowest BCUT2D eigenvalue weighted by atomic mass is 9.82. The van der Waals surface area contributed by atoms with E-state index in [2.05, 4.69) is 16.3 Å². The first-order valence-electron chi connectivity index (χ1n) is 6.63. The van der Waals surface area contributed by atoms with Crippen LogP contribution in [0.25, 0.3) is 0 Å². The largest absolute Gasteiger partial charge is 0.349 e. The Morgan fingerprint density at radius 3 is 2.62 bits per heavy atom. The van der Waals surface area contributed by atoms with Gasteiger partial charge < -0.3 is 0 Å². The molecular weight excluding hydrogens is 290 g/mol. The molecule has 0 aliphatic heterocycles. The molecule has 0 aliphatic rings. The second-order valence-electron chi connectivity index (χ2n) is 5.23. The van der Waals surface area contributed by atoms with E-state index >= 15 is 0 Å². The molecule has 0 spiro atoms. The van der Waals surface area contributed by atoms with E-state index in [-0.39, 0.29) is 11.9 Å². The number of nitriles is 1. The van der Waals surface area contributed by atoms with Gasteiger partial charge in [0, 0.05) is 20.0 Å². The normalized spacial score (nSPS) is 12.6. The van der Waals surface area contributed by atoms with Crippen LogP contribution in [-0.2, 0) is 4.84 Å². The molecule has 0 radical (unpaired) electrons. The van der Waals surface area contributed by atoms with Crippen molar-refractivity contribution >= 4 is 22.5 Å². The van der Waals surface area contributed by atoms with Gasteiger partial charge in [0.25, 0.3) is 0 Å². The van der Waals surface area contributed by atoms with Crippen molar-refractivity contribution in [1.82, 2.24) is 15.3 Å². The van der Waals surface area contributed by atoms with Gasteiger partial charge in [-0.05, 0) is 20.8 Å². The van der Waals surface area contributed by atoms with E-state index in [4.69, 9.17) is 4.84 Å². The third-order valence-electron chi connectivity index (χ3n) is 3.34. The van der Waals surface area contributed by atoms with E-state index in [1.165, 1.54) is 16.2 Å². The predicted molar refractivity (Wildman–Crippen MR) is 80.9 cm³/mol. The zero-order valence-corrected chi connectivity index (χ0v) is 14.1. The van der Waals surface area contributed by atoms with Crippen LogP contribution < -0.4 is 4.90 Å². The minimum Gasteiger partial charge on any atom is -0.270 e. The molecule has 7 nitrogen and oxygen atoms in total. The van der Waals surface area contributed by atoms with Gasteiger partial charge in [-0.25, -0.2) is 9.86 Å². The van der Waals surface area contributed by atoms with Crippen molar-refractivity contribution in [2.45, 2.75) is 33.6 Å². The van der Waals surface area contributed by atoms with Crippen molar-refractivity contribution in [3.63, 3.8) is 0 Å². The maximum atomic E-state index is 12.1. The number of carbonyl (C=O) groups excluding carboxylic acids is 1. The first-order valence-corrected chi connectivity index (χ1v) is 7.45. The molecular formula is C13H21N5O2S. The Morgan fingerprint density at radius 1 is 1.48 bits per heavy atom. The van der Waals surface area contributed by atoms with Crippen molar-refractivity contribution in [3.8, 4) is 6.07 Å². The van der Waals surface area contributed by atoms with Gasteiger partial charge in [-0.15, -0.1) is 10.2 Å². The molecule has 0 bridgehead atoms. The number of nitrogens with zero attached hydrogens (tertiary/aromatic N) is 5. The van der Waals surface area contributed by atoms with Gasteiger partial charge >= 0.3 is 6.03 Å². The number of rotatable bonds is 5. The van der Waals surface area contributed by atoms with Crippen molar-refractivity contribution in [3.05, 3.63) is 5.01 Å². The van der Waals surface area contributed by atoms with Crippen LogP contribution in [0.2, 0.25) is 0 Å². The lowest BCUT2D eigenvalue weighted by molar-refractivity contribution is -0.0897. The maximum absolute atomic E-state index is 12.1. The minimum atomic E-state index is -0.540. The standard InChI is InChI=1S/C13H21N5O2S/c1-7-20-18(6)12(19)17(5)11-16-15-10(21-11)9(2)13(3,4)8-14/h9H,7H2,1-6H3. The molecule has 0 aliphatic carbocycles. The molecule has 0 N–H and O–H groups in total. The van der Waals surface area contributed by atoms with Crippen LogP contribution in [0.5, 0.6) is 0 Å². The van der Waals surface area contributed by atoms with Crippen molar-refractivity contribution < 1.29 is 9.63 Å². The summed E-state index contributed by atoms with van der Waals surface area (Å²) >= 11 is 1.30. The summed E-state index contributed by atoms with van der Waals surface area (Å²) in [6.45, 7) is 7.86. The van der Waals surface area contributed by atoms with Crippen LogP contribution in [0.15, 0.2) is 0 Å². The van der Waals surface area contributed by atoms with Crippen LogP contribution in [-0.4, -0.2) is 42.0 Å². The fourth-order valence-electron chi connectivity index (χ4n) is 1.48. The summed E-state index contributed by atoms with van der Waals surface area (Å²) in [5.74, 6) is -0.0677. The molecule has 1 aromatic rings. The quantitative estimate of drug-likeness (QED) is 0.781. The molecule has 1 heterocycles. The number of hydroxylamine groups is 2. The Kier molecular flexibility index (Phi) is 5.63. The van der Waals surface area contributed by atoms with Crippen molar-refractivity contribution in [1.29, 1.82) is 5.26 Å². The summed E-state index contributed by atoms with van der Waals surface area (Å²) < 4.78 is 0. The molecule has 0 saturated carbocycles. The van der Waals surface area contributed by atoms with E-state index in [1.807, 2.05) is 20.8 Å². The highest BCUT2D eigenvalue weighted by atomic mass is 32.1. The van der Waals surface area contributed by atoms with Gasteiger partial charge in [0.05, 0.1) is 18.1 Å². The van der Waals surface area contributed by atoms with Crippen LogP contribution in [0.4, 0.5) is 9.93 Å². The summed E-state index contributed by atoms with van der Waals surface area (Å²) in [5.41, 5.74) is -0.540. The predicted octanol–water partition coefficient (Wildman–Crippen LogP) is 2.63. The second-order valence-corrected chi connectivity index (χ2v) is 6.22. The minimum absolute atomic E-state index is 0.0677. The summed E-state index contributed by atoms with van der Waals surface area (Å²) in [4.78, 5) is 18.6. The van der Waals surface area contributed by atoms with E-state index in [1.54, 1.807) is 21.0 Å². The third kappa shape index (κ3) is 3.89. The van der Waals surface area contributed by atoms with E-state index in [0.717, 1.165) is 10.1 Å². The number of aromatic nitrogens is 2. The number of anilines is 1. The number of hydrogen-bond acceptors (Lipinski definition) is 6. The highest BCUT2D eigenvalue weighted by Crippen LogP contribution is 2.37. The highest BCUT2D eigenvalue weighted by molar-refractivity contribution is 7.15. The van der Waals surface area contributed by atoms with Crippen LogP contribution >= 0.6 is 11.3 Å². The third-order valence-corrected chi connectivity index (χ3v) is 4.52. The van der Waals surface area contributed by atoms with Crippen LogP contribution in [0, 0.1) is 16.7 Å². The smallest absolute Gasteiger partial charge is 0.270 e. The highest BCUT2D eigenvalue weighted by Gasteiger charge is 2.31. The topological polar surface area (TPSA) is 82.3 Å². The fraction of sp³-hybridized carbons (Fsp3) is 0.692. The SMILES string of the molecule is CCON(C)C(=O)N(C)c1nnc(C(C)C(C)(C)C#N)s1. The van der Waals surface area contributed by atoms with Gasteiger partial charge in [0.15, 0.2) is 0 Å². The molecule has 0 fully saturated rings. The Bertz CT molecular complexity index is 537. The molecule has 0 aromatic carbocycles. The number of carbonyl (C=O) groups is 1. The molecule has 8 heteroatoms. The second kappa shape index (κ2) is 6.83. The van der Waals surface area contributed by atoms with Gasteiger partial charge in [0.1, 0.15) is 5.01 Å². The fourth-order valence-corrected chi connectivity index (χ4v) is 2.52. The average Bonchev–Trinajstić information content (AvgIpc) is 2.94. The number of urea groups is 1. The molecule has 0 saturated heterocycles. The molecule has 2 amide bonds. The molecule has 116 valence electrons. The van der Waals surface area contributed by atoms with Gasteiger partial charge in [-0.3, -0.25) is 9.74 Å². The molecule has 1 atom stereocenters. The Hall–Kier alpha value is -1.72. The Balaban J connectivity index is 2.89. The van der Waals surface area contributed by atoms with Crippen molar-refractivity contribution in [2.24, 2.45) is 5.41 Å². The summed E-state index contributed by atoms with van der Waals surface area (Å²) in [6.07, 6.45) is 0. The molecule has 1 unspecified atom stereocenters. The zero-order chi connectivity index (χ0) is 16.2. The Morgan fingerprint density at radius 2 is 2.10 bits per heavy atom. The Labute approximate surface area is 129 Å². The summed E-state index contributed by atoms with van der Waals surface area (Å²) in [6, 6.07) is 1.94. The summed E-state index contributed by atoms with van der Waals surface area (Å²) in [7, 11) is 3.16. The van der Waals surface area contributed by atoms with Crippen LogP contribution in [0.1, 0.15) is 38.6 Å². The summed E-state index contributed by atoms with van der Waals surface area (Å²) in [5, 5.41) is 19.7. The molecule has 1 aromatic heterocycles. The number of amides is 2. The number of hydrogen-bond donors (Lipinski definition) is 0. The van der Waals surface area contributed by atoms with Gasteiger partial charge in [0.2, 0.25) is 5.13 Å². The van der Waals surface area contributed by atoms with E-state index < -0.39 is 5.41 Å². The van der Waals surface area contributed by atoms with Crippen molar-refractivity contribution in [2.75, 3.05) is 25.6 Å². The first-order chi connectivity index (χ1) is 9.74. The molecule has 21 heavy (non-hydrogen) atoms. The van der Waals surface area contributed by atoms with E-state index in [9.17, 15) is 10.1 Å². The van der Waals surface area contributed by atoms with Crippen LogP contribution in [0.3, 0.4) is 0 Å². The van der Waals surface area contributed by atoms with Gasteiger partial charge in [-0.2, -0.15) is 5.26 Å². The van der Waals surface area contributed by atoms with Gasteiger partial charge in [-0.1, -0.05) is 18.3 Å². The molecule has 1 rings (SSSR count). The maximum Gasteiger partial charge on any atom is 0.349 e. The monoisotopic (exact) mass is 311 g/mol. The zero-order valence-electron chi connectivity index (χ0n) is 13.2. The lowest BCUT2D eigenvalue weighted by Crippen LogP contribution is -2.38.